The molecule has 0 saturated heterocycles. The molecule has 2 nitrogen and oxygen atoms in total. The van der Waals surface area contributed by atoms with E-state index in [0.29, 0.717) is 0 Å². The van der Waals surface area contributed by atoms with Gasteiger partial charge in [-0.2, -0.15) is 0 Å². The molecule has 4 unspecified atom stereocenters. The first-order chi connectivity index (χ1) is 6.59. The largest absolute Gasteiger partial charge is 0.469 e. The fourth-order valence-electron chi connectivity index (χ4n) is 5.99. The monoisotopic (exact) mass is 198 g/mol. The van der Waals surface area contributed by atoms with Crippen LogP contribution in [0.1, 0.15) is 0 Å². The second-order valence-electron chi connectivity index (χ2n) is 5.49. The van der Waals surface area contributed by atoms with E-state index in [1.54, 1.807) is 0 Å². The van der Waals surface area contributed by atoms with Crippen molar-refractivity contribution >= 4 is 5.97 Å². The first kappa shape index (κ1) is 6.75. The summed E-state index contributed by atoms with van der Waals surface area (Å²) in [5, 5.41) is 0. The normalized spacial score (nSPS) is 82.4. The maximum Gasteiger partial charge on any atom is 0.312 e. The lowest BCUT2D eigenvalue weighted by Gasteiger charge is -3.08. The Labute approximate surface area is 78.6 Å². The molecular weight excluding hydrogens is 190 g/mol. The van der Waals surface area contributed by atoms with Gasteiger partial charge in [0.2, 0.25) is 0 Å². The Kier molecular flexibility index (Phi) is 0.578. The summed E-state index contributed by atoms with van der Waals surface area (Å²) in [6.07, 6.45) is 0. The van der Waals surface area contributed by atoms with Gasteiger partial charge in [0.1, 0.15) is 0 Å². The number of hydrogen-bond donors (Lipinski definition) is 0. The van der Waals surface area contributed by atoms with Crippen LogP contribution in [0, 0.1) is 35.0 Å². The maximum atomic E-state index is 14.0. The minimum atomic E-state index is -1.62. The van der Waals surface area contributed by atoms with Crippen molar-refractivity contribution in [3.05, 3.63) is 0 Å². The van der Waals surface area contributed by atoms with Gasteiger partial charge >= 0.3 is 5.97 Å². The van der Waals surface area contributed by atoms with E-state index >= 15 is 0 Å². The van der Waals surface area contributed by atoms with Crippen molar-refractivity contribution in [2.75, 3.05) is 7.11 Å². The van der Waals surface area contributed by atoms with Gasteiger partial charge in [-0.15, -0.1) is 0 Å². The molecule has 0 aromatic carbocycles. The van der Waals surface area contributed by atoms with Crippen LogP contribution < -0.4 is 0 Å². The highest BCUT2D eigenvalue weighted by Gasteiger charge is 3.20. The molecule has 6 aliphatic rings. The van der Waals surface area contributed by atoms with Gasteiger partial charge < -0.3 is 4.74 Å². The van der Waals surface area contributed by atoms with Crippen molar-refractivity contribution in [3.8, 4) is 0 Å². The fraction of sp³-hybridized carbons (Fsp3) is 0.900. The molecule has 0 heterocycles. The van der Waals surface area contributed by atoms with Crippen LogP contribution in [-0.4, -0.2) is 24.4 Å². The zero-order valence-electron chi connectivity index (χ0n) is 7.46. The fourth-order valence-corrected chi connectivity index (χ4v) is 5.99. The van der Waals surface area contributed by atoms with Crippen LogP contribution in [-0.2, 0) is 9.53 Å². The summed E-state index contributed by atoms with van der Waals surface area (Å²) < 4.78 is 32.5. The van der Waals surface area contributed by atoms with E-state index in [-0.39, 0.29) is 35.6 Å². The summed E-state index contributed by atoms with van der Waals surface area (Å²) in [5.74, 6) is -1.09. The summed E-state index contributed by atoms with van der Waals surface area (Å²) in [5.41, 5.74) is -3.69. The van der Waals surface area contributed by atoms with E-state index in [2.05, 4.69) is 0 Å². The Bertz CT molecular complexity index is 412. The lowest BCUT2D eigenvalue weighted by Crippen LogP contribution is -3.19. The molecule has 0 aromatic rings. The Balaban J connectivity index is 1.68. The minimum Gasteiger partial charge on any atom is -0.469 e. The summed E-state index contributed by atoms with van der Waals surface area (Å²) in [7, 11) is 1.33. The molecule has 6 fully saturated rings. The number of rotatable bonds is 1. The summed E-state index contributed by atoms with van der Waals surface area (Å²) in [6.45, 7) is 0. The average Bonchev–Trinajstić information content (AvgIpc) is 2.18. The Morgan fingerprint density at radius 3 is 2.14 bits per heavy atom. The number of alkyl halides is 2. The predicted molar refractivity (Wildman–Crippen MR) is 39.6 cm³/mol. The van der Waals surface area contributed by atoms with Gasteiger partial charge in [-0.3, -0.25) is 4.79 Å². The van der Waals surface area contributed by atoms with Crippen molar-refractivity contribution in [3.63, 3.8) is 0 Å². The summed E-state index contributed by atoms with van der Waals surface area (Å²) >= 11 is 0. The molecular formula is C10H8F2O2. The molecule has 0 bridgehead atoms. The van der Waals surface area contributed by atoms with E-state index in [0.717, 1.165) is 0 Å². The second-order valence-corrected chi connectivity index (χ2v) is 5.49. The van der Waals surface area contributed by atoms with Crippen molar-refractivity contribution < 1.29 is 18.3 Å². The minimum absolute atomic E-state index is 0.132. The number of halogens is 2. The SMILES string of the molecule is COC(=O)C12C3C4C1C1(F)C2C3C41F. The van der Waals surface area contributed by atoms with Gasteiger partial charge in [0.15, 0.2) is 11.3 Å². The summed E-state index contributed by atoms with van der Waals surface area (Å²) in [4.78, 5) is 11.5. The number of esters is 1. The molecule has 0 aromatic heterocycles. The number of carbonyl (C=O) groups excluding carboxylic acids is 1. The molecule has 14 heavy (non-hydrogen) atoms. The topological polar surface area (TPSA) is 26.3 Å². The third kappa shape index (κ3) is 0.219. The molecule has 0 N–H and O–H groups in total. The molecule has 6 saturated carbocycles. The highest BCUT2D eigenvalue weighted by molar-refractivity contribution is 5.91. The van der Waals surface area contributed by atoms with Gasteiger partial charge in [-0.05, 0) is 5.92 Å². The Morgan fingerprint density at radius 1 is 1.14 bits per heavy atom. The van der Waals surface area contributed by atoms with E-state index in [4.69, 9.17) is 4.74 Å². The highest BCUT2D eigenvalue weighted by Crippen LogP contribution is 3.10. The number of carbonyl (C=O) groups is 1. The third-order valence-electron chi connectivity index (χ3n) is 6.07. The van der Waals surface area contributed by atoms with Crippen LogP contribution in [0.25, 0.3) is 0 Å². The second kappa shape index (κ2) is 1.20. The van der Waals surface area contributed by atoms with Crippen LogP contribution in [0.5, 0.6) is 0 Å². The van der Waals surface area contributed by atoms with Crippen LogP contribution in [0.4, 0.5) is 8.78 Å². The van der Waals surface area contributed by atoms with Gasteiger partial charge in [-0.1, -0.05) is 0 Å². The highest BCUT2D eigenvalue weighted by atomic mass is 19.2. The molecule has 4 heteroatoms. The van der Waals surface area contributed by atoms with Crippen LogP contribution >= 0.6 is 0 Å². The lowest BCUT2D eigenvalue weighted by molar-refractivity contribution is -0.665. The van der Waals surface area contributed by atoms with E-state index in [1.165, 1.54) is 7.11 Å². The number of ether oxygens (including phenoxy) is 1. The molecule has 0 amide bonds. The molecule has 6 aliphatic carbocycles. The van der Waals surface area contributed by atoms with Gasteiger partial charge in [0.05, 0.1) is 12.5 Å². The number of methoxy groups -OCH3 is 1. The molecule has 0 aliphatic heterocycles. The molecule has 6 rings (SSSR count). The Hall–Kier alpha value is -0.670. The van der Waals surface area contributed by atoms with Gasteiger partial charge in [0.25, 0.3) is 0 Å². The first-order valence-corrected chi connectivity index (χ1v) is 5.05. The molecule has 74 valence electrons. The van der Waals surface area contributed by atoms with E-state index in [9.17, 15) is 13.6 Å². The van der Waals surface area contributed by atoms with E-state index in [1.807, 2.05) is 0 Å². The molecule has 0 spiro atoms. The third-order valence-corrected chi connectivity index (χ3v) is 6.07. The maximum absolute atomic E-state index is 14.0. The summed E-state index contributed by atoms with van der Waals surface area (Å²) in [6, 6.07) is 0. The first-order valence-electron chi connectivity index (χ1n) is 5.05. The Morgan fingerprint density at radius 2 is 1.71 bits per heavy atom. The van der Waals surface area contributed by atoms with Crippen LogP contribution in [0.15, 0.2) is 0 Å². The zero-order valence-corrected chi connectivity index (χ0v) is 7.46. The predicted octanol–water partition coefficient (Wildman–Crippen LogP) is 0.711. The van der Waals surface area contributed by atoms with Crippen LogP contribution in [0.3, 0.4) is 0 Å². The molecule has 0 radical (unpaired) electrons. The van der Waals surface area contributed by atoms with Crippen molar-refractivity contribution in [2.45, 2.75) is 11.3 Å². The van der Waals surface area contributed by atoms with Crippen molar-refractivity contribution in [1.29, 1.82) is 0 Å². The van der Waals surface area contributed by atoms with Gasteiger partial charge in [0, 0.05) is 23.7 Å². The number of hydrogen-bond acceptors (Lipinski definition) is 2. The van der Waals surface area contributed by atoms with E-state index < -0.39 is 16.8 Å². The smallest absolute Gasteiger partial charge is 0.312 e. The average molecular weight is 198 g/mol. The standard InChI is InChI=1S/C10H8F2O2/c1-14-7(13)8-2-3-5(8)10(12)6(8)4(2)9(3,10)11/h2-6H,1H3. The molecule has 4 atom stereocenters. The quantitative estimate of drug-likeness (QED) is 0.580. The van der Waals surface area contributed by atoms with Crippen molar-refractivity contribution in [1.82, 2.24) is 0 Å². The van der Waals surface area contributed by atoms with Crippen LogP contribution in [0.2, 0.25) is 0 Å². The lowest BCUT2D eigenvalue weighted by atomic mass is 8.94. The van der Waals surface area contributed by atoms with Gasteiger partial charge in [-0.25, -0.2) is 8.78 Å². The van der Waals surface area contributed by atoms with Crippen molar-refractivity contribution in [2.24, 2.45) is 35.0 Å². The zero-order chi connectivity index (χ0) is 9.67.